The average molecular weight is 418 g/mol. The number of benzene rings is 1. The molecule has 23 heavy (non-hydrogen) atoms. The van der Waals surface area contributed by atoms with E-state index < -0.39 is 40.0 Å². The molecule has 1 amide bonds. The van der Waals surface area contributed by atoms with Gasteiger partial charge in [0.15, 0.2) is 0 Å². The topological polar surface area (TPSA) is 29.1 Å². The van der Waals surface area contributed by atoms with E-state index in [1.54, 1.807) is 0 Å². The van der Waals surface area contributed by atoms with Gasteiger partial charge in [-0.25, -0.2) is 0 Å². The molecule has 0 bridgehead atoms. The zero-order chi connectivity index (χ0) is 18.3. The average Bonchev–Trinajstić information content (AvgIpc) is 2.34. The minimum Gasteiger partial charge on any atom is -0.324 e. The van der Waals surface area contributed by atoms with Crippen LogP contribution in [0.5, 0.6) is 0 Å². The summed E-state index contributed by atoms with van der Waals surface area (Å²) in [5.41, 5.74) is -2.23. The smallest absolute Gasteiger partial charge is 0.324 e. The Hall–Kier alpha value is -1.46. The highest BCUT2D eigenvalue weighted by atomic mass is 79.9. The first-order valence-corrected chi connectivity index (χ1v) is 6.21. The minimum atomic E-state index is -6.07. The molecule has 0 radical (unpaired) electrons. The monoisotopic (exact) mass is 417 g/mol. The van der Waals surface area contributed by atoms with E-state index in [-0.39, 0.29) is 6.07 Å². The summed E-state index contributed by atoms with van der Waals surface area (Å²) in [5, 5.41) is 1.18. The number of carbonyl (C=O) groups excluding carboxylic acids is 1. The second-order valence-electron chi connectivity index (χ2n) is 4.19. The molecule has 1 rings (SSSR count). The standard InChI is InChI=1S/C11H5BrF9NO/c12-8(10(16,17)18,11(19,20)21)7(23)22-6-3-1-2-5(4-6)9(13,14)15/h1-4H,(H,22,23). The summed E-state index contributed by atoms with van der Waals surface area (Å²) in [4.78, 5) is 11.4. The zero-order valence-corrected chi connectivity index (χ0v) is 12.1. The maximum Gasteiger partial charge on any atom is 0.421 e. The summed E-state index contributed by atoms with van der Waals surface area (Å²) in [7, 11) is 0. The Bertz CT molecular complexity index is 576. The van der Waals surface area contributed by atoms with Crippen molar-refractivity contribution in [2.24, 2.45) is 0 Å². The molecule has 0 aliphatic heterocycles. The van der Waals surface area contributed by atoms with Crippen molar-refractivity contribution in [3.05, 3.63) is 29.8 Å². The van der Waals surface area contributed by atoms with Gasteiger partial charge in [0.05, 0.1) is 5.56 Å². The van der Waals surface area contributed by atoms with Gasteiger partial charge in [-0.15, -0.1) is 0 Å². The number of carbonyl (C=O) groups is 1. The van der Waals surface area contributed by atoms with Crippen molar-refractivity contribution in [1.29, 1.82) is 0 Å². The van der Waals surface area contributed by atoms with Crippen molar-refractivity contribution in [1.82, 2.24) is 0 Å². The van der Waals surface area contributed by atoms with Crippen LogP contribution < -0.4 is 5.32 Å². The third-order valence-corrected chi connectivity index (χ3v) is 3.80. The lowest BCUT2D eigenvalue weighted by molar-refractivity contribution is -0.253. The van der Waals surface area contributed by atoms with Gasteiger partial charge in [-0.2, -0.15) is 39.5 Å². The fourth-order valence-electron chi connectivity index (χ4n) is 1.41. The van der Waals surface area contributed by atoms with Crippen molar-refractivity contribution in [2.75, 3.05) is 5.32 Å². The molecule has 0 aliphatic carbocycles. The van der Waals surface area contributed by atoms with Crippen molar-refractivity contribution < 1.29 is 44.3 Å². The van der Waals surface area contributed by atoms with E-state index in [4.69, 9.17) is 0 Å². The molecule has 0 unspecified atom stereocenters. The predicted molar refractivity (Wildman–Crippen MR) is 63.8 cm³/mol. The van der Waals surface area contributed by atoms with Gasteiger partial charge in [0.25, 0.3) is 10.2 Å². The molecule has 1 N–H and O–H groups in total. The molecule has 2 nitrogen and oxygen atoms in total. The van der Waals surface area contributed by atoms with E-state index in [9.17, 15) is 44.3 Å². The van der Waals surface area contributed by atoms with Crippen LogP contribution in [0.4, 0.5) is 45.2 Å². The Balaban J connectivity index is 3.20. The number of alkyl halides is 10. The Morgan fingerprint density at radius 3 is 1.78 bits per heavy atom. The summed E-state index contributed by atoms with van der Waals surface area (Å²) in [6, 6.07) is 2.17. The molecule has 0 atom stereocenters. The van der Waals surface area contributed by atoms with Crippen LogP contribution in [0.1, 0.15) is 5.56 Å². The summed E-state index contributed by atoms with van der Waals surface area (Å²) >= 11 is 1.32. The Morgan fingerprint density at radius 2 is 1.39 bits per heavy atom. The van der Waals surface area contributed by atoms with Gasteiger partial charge in [0, 0.05) is 5.69 Å². The van der Waals surface area contributed by atoms with Crippen LogP contribution >= 0.6 is 15.9 Å². The van der Waals surface area contributed by atoms with Gasteiger partial charge in [0.2, 0.25) is 0 Å². The number of nitrogens with one attached hydrogen (secondary N) is 1. The summed E-state index contributed by atoms with van der Waals surface area (Å²) in [6.07, 6.45) is -17.0. The van der Waals surface area contributed by atoms with Gasteiger partial charge in [-0.05, 0) is 18.2 Å². The van der Waals surface area contributed by atoms with Crippen LogP contribution in [0, 0.1) is 0 Å². The van der Waals surface area contributed by atoms with Gasteiger partial charge in [0.1, 0.15) is 0 Å². The number of hydrogen-bond donors (Lipinski definition) is 1. The third kappa shape index (κ3) is 3.90. The van der Waals surface area contributed by atoms with Crippen molar-refractivity contribution in [3.63, 3.8) is 0 Å². The van der Waals surface area contributed by atoms with Crippen LogP contribution in [0.3, 0.4) is 0 Å². The lowest BCUT2D eigenvalue weighted by Gasteiger charge is -2.30. The quantitative estimate of drug-likeness (QED) is 0.538. The number of halogens is 10. The molecule has 130 valence electrons. The van der Waals surface area contributed by atoms with Crippen LogP contribution in [0.25, 0.3) is 0 Å². The predicted octanol–water partition coefficient (Wildman–Crippen LogP) is 4.90. The molecule has 1 aromatic carbocycles. The summed E-state index contributed by atoms with van der Waals surface area (Å²) in [6.45, 7) is 0. The second kappa shape index (κ2) is 5.87. The third-order valence-electron chi connectivity index (χ3n) is 2.54. The summed E-state index contributed by atoms with van der Waals surface area (Å²) in [5.74, 6) is -2.61. The highest BCUT2D eigenvalue weighted by Crippen LogP contribution is 2.50. The fraction of sp³-hybridized carbons (Fsp3) is 0.364. The SMILES string of the molecule is O=C(Nc1cccc(C(F)(F)F)c1)C(Br)(C(F)(F)F)C(F)(F)F. The van der Waals surface area contributed by atoms with Crippen LogP contribution in [-0.2, 0) is 11.0 Å². The van der Waals surface area contributed by atoms with Crippen LogP contribution in [0.15, 0.2) is 24.3 Å². The van der Waals surface area contributed by atoms with Crippen LogP contribution in [-0.4, -0.2) is 22.6 Å². The second-order valence-corrected chi connectivity index (χ2v) is 5.38. The Morgan fingerprint density at radius 1 is 0.913 bits per heavy atom. The molecule has 0 saturated heterocycles. The van der Waals surface area contributed by atoms with E-state index in [1.165, 1.54) is 21.2 Å². The van der Waals surface area contributed by atoms with Gasteiger partial charge in [-0.1, -0.05) is 22.0 Å². The van der Waals surface area contributed by atoms with E-state index in [2.05, 4.69) is 0 Å². The van der Waals surface area contributed by atoms with Gasteiger partial charge >= 0.3 is 18.5 Å². The molecule has 0 aromatic heterocycles. The molecule has 1 aromatic rings. The first-order chi connectivity index (χ1) is 10.1. The maximum atomic E-state index is 12.6. The first kappa shape index (κ1) is 19.6. The normalized spacial score (nSPS) is 13.8. The van der Waals surface area contributed by atoms with Crippen LogP contribution in [0.2, 0.25) is 0 Å². The zero-order valence-electron chi connectivity index (χ0n) is 10.5. The summed E-state index contributed by atoms with van der Waals surface area (Å²) < 4.78 is 108. The van der Waals surface area contributed by atoms with Crippen molar-refractivity contribution in [3.8, 4) is 0 Å². The molecule has 0 spiro atoms. The van der Waals surface area contributed by atoms with E-state index in [0.717, 1.165) is 6.07 Å². The molecule has 0 saturated carbocycles. The number of amides is 1. The number of rotatable bonds is 2. The molecule has 0 fully saturated rings. The molecular formula is C11H5BrF9NO. The molecular weight excluding hydrogens is 413 g/mol. The minimum absolute atomic E-state index is 0.206. The highest BCUT2D eigenvalue weighted by molar-refractivity contribution is 9.10. The largest absolute Gasteiger partial charge is 0.421 e. The van der Waals surface area contributed by atoms with Gasteiger partial charge < -0.3 is 5.32 Å². The number of anilines is 1. The van der Waals surface area contributed by atoms with Crippen molar-refractivity contribution in [2.45, 2.75) is 22.9 Å². The Kier molecular flexibility index (Phi) is 5.00. The molecule has 12 heteroatoms. The molecule has 0 heterocycles. The maximum absolute atomic E-state index is 12.6. The lowest BCUT2D eigenvalue weighted by atomic mass is 10.1. The molecule has 0 aliphatic rings. The first-order valence-electron chi connectivity index (χ1n) is 5.42. The van der Waals surface area contributed by atoms with Crippen molar-refractivity contribution >= 4 is 27.5 Å². The Labute approximate surface area is 130 Å². The number of hydrogen-bond acceptors (Lipinski definition) is 1. The van der Waals surface area contributed by atoms with E-state index in [0.29, 0.717) is 12.1 Å². The fourth-order valence-corrected chi connectivity index (χ4v) is 1.51. The highest BCUT2D eigenvalue weighted by Gasteiger charge is 2.74. The lowest BCUT2D eigenvalue weighted by Crippen LogP contribution is -2.59. The van der Waals surface area contributed by atoms with Gasteiger partial charge in [-0.3, -0.25) is 4.79 Å². The van der Waals surface area contributed by atoms with E-state index in [1.807, 2.05) is 0 Å². The van der Waals surface area contributed by atoms with E-state index >= 15 is 0 Å².